The Labute approximate surface area is 261 Å². The van der Waals surface area contributed by atoms with E-state index >= 15 is 4.39 Å². The molecule has 44 heavy (non-hydrogen) atoms. The standard InChI is InChI=1S/C34H35ClFN5O3/c1-22(2)34(43)41-23(3)19-40(20-26-28(36)9-6-11-30(26)44-31-10-5-4-8-27(31)35)21-29(41)33(42)39-18-24-12-14-25(15-13-24)32-37-16-7-17-38-32/h4-17,22-23,29H,18-21H2,1-3H3,(H,39,42)/t23-,29-/m1/s1. The number of hydrogen-bond acceptors (Lipinski definition) is 6. The molecule has 0 unspecified atom stereocenters. The van der Waals surface area contributed by atoms with E-state index in [4.69, 9.17) is 16.3 Å². The molecule has 0 aliphatic carbocycles. The first kappa shape index (κ1) is 31.1. The van der Waals surface area contributed by atoms with Gasteiger partial charge >= 0.3 is 0 Å². The fraction of sp³-hybridized carbons (Fsp3) is 0.294. The lowest BCUT2D eigenvalue weighted by molar-refractivity contribution is -0.150. The fourth-order valence-corrected chi connectivity index (χ4v) is 5.54. The maximum atomic E-state index is 15.2. The summed E-state index contributed by atoms with van der Waals surface area (Å²) in [6, 6.07) is 20.1. The van der Waals surface area contributed by atoms with Crippen molar-refractivity contribution in [2.24, 2.45) is 5.92 Å². The Morgan fingerprint density at radius 1 is 0.977 bits per heavy atom. The van der Waals surface area contributed by atoms with Gasteiger partial charge in [-0.15, -0.1) is 0 Å². The van der Waals surface area contributed by atoms with Gasteiger partial charge in [0.2, 0.25) is 11.8 Å². The van der Waals surface area contributed by atoms with Gasteiger partial charge in [0.1, 0.15) is 23.4 Å². The molecule has 1 saturated heterocycles. The lowest BCUT2D eigenvalue weighted by Crippen LogP contribution is -2.64. The highest BCUT2D eigenvalue weighted by Crippen LogP contribution is 2.33. The van der Waals surface area contributed by atoms with Crippen LogP contribution in [0, 0.1) is 11.7 Å². The summed E-state index contributed by atoms with van der Waals surface area (Å²) in [4.78, 5) is 39.2. The van der Waals surface area contributed by atoms with Crippen molar-refractivity contribution in [3.63, 3.8) is 0 Å². The minimum absolute atomic E-state index is 0.0989. The van der Waals surface area contributed by atoms with Crippen molar-refractivity contribution in [3.8, 4) is 22.9 Å². The van der Waals surface area contributed by atoms with Crippen LogP contribution in [0.5, 0.6) is 11.5 Å². The van der Waals surface area contributed by atoms with Crippen molar-refractivity contribution in [3.05, 3.63) is 107 Å². The van der Waals surface area contributed by atoms with E-state index in [1.165, 1.54) is 6.07 Å². The highest BCUT2D eigenvalue weighted by Gasteiger charge is 2.40. The molecule has 228 valence electrons. The predicted molar refractivity (Wildman–Crippen MR) is 167 cm³/mol. The number of hydrogen-bond donors (Lipinski definition) is 1. The zero-order valence-electron chi connectivity index (χ0n) is 24.9. The first-order valence-corrected chi connectivity index (χ1v) is 15.0. The number of aromatic nitrogens is 2. The van der Waals surface area contributed by atoms with Crippen LogP contribution in [0.3, 0.4) is 0 Å². The maximum absolute atomic E-state index is 15.2. The Balaban J connectivity index is 1.33. The number of nitrogens with zero attached hydrogens (tertiary/aromatic N) is 4. The SMILES string of the molecule is CC(C)C(=O)N1[C@H](C)CN(Cc2c(F)cccc2Oc2ccccc2Cl)C[C@@H]1C(=O)NCc1ccc(-c2ncccn2)cc1. The van der Waals surface area contributed by atoms with E-state index in [0.717, 1.165) is 11.1 Å². The summed E-state index contributed by atoms with van der Waals surface area (Å²) in [5.41, 5.74) is 2.12. The van der Waals surface area contributed by atoms with E-state index in [1.807, 2.05) is 49.9 Å². The third-order valence-corrected chi connectivity index (χ3v) is 7.89. The number of nitrogens with one attached hydrogen (secondary N) is 1. The van der Waals surface area contributed by atoms with Crippen LogP contribution in [0.4, 0.5) is 4.39 Å². The summed E-state index contributed by atoms with van der Waals surface area (Å²) in [5.74, 6) is 0.310. The van der Waals surface area contributed by atoms with Crippen molar-refractivity contribution >= 4 is 23.4 Å². The summed E-state index contributed by atoms with van der Waals surface area (Å²) in [6.07, 6.45) is 3.38. The second-order valence-corrected chi connectivity index (χ2v) is 11.6. The molecule has 0 radical (unpaired) electrons. The van der Waals surface area contributed by atoms with Crippen LogP contribution < -0.4 is 10.1 Å². The molecule has 2 atom stereocenters. The van der Waals surface area contributed by atoms with Gasteiger partial charge in [-0.3, -0.25) is 14.5 Å². The Kier molecular flexibility index (Phi) is 9.87. The third-order valence-electron chi connectivity index (χ3n) is 7.57. The van der Waals surface area contributed by atoms with Crippen molar-refractivity contribution in [2.45, 2.75) is 45.9 Å². The zero-order chi connectivity index (χ0) is 31.2. The molecule has 0 spiro atoms. The van der Waals surface area contributed by atoms with E-state index < -0.39 is 11.9 Å². The number of carbonyl (C=O) groups excluding carboxylic acids is 2. The van der Waals surface area contributed by atoms with Crippen LogP contribution in [-0.4, -0.2) is 56.8 Å². The number of amides is 2. The molecule has 10 heteroatoms. The van der Waals surface area contributed by atoms with Crippen LogP contribution >= 0.6 is 11.6 Å². The highest BCUT2D eigenvalue weighted by atomic mass is 35.5. The number of rotatable bonds is 9. The normalized spacial score (nSPS) is 17.0. The number of para-hydroxylation sites is 1. The average Bonchev–Trinajstić information content (AvgIpc) is 3.02. The number of carbonyl (C=O) groups is 2. The second-order valence-electron chi connectivity index (χ2n) is 11.2. The molecule has 1 aliphatic heterocycles. The van der Waals surface area contributed by atoms with Gasteiger partial charge in [0.25, 0.3) is 0 Å². The smallest absolute Gasteiger partial charge is 0.244 e. The molecule has 1 aromatic heterocycles. The molecule has 3 aromatic carbocycles. The molecule has 5 rings (SSSR count). The number of ether oxygens (including phenoxy) is 1. The van der Waals surface area contributed by atoms with Crippen molar-refractivity contribution in [2.75, 3.05) is 13.1 Å². The Morgan fingerprint density at radius 3 is 2.39 bits per heavy atom. The van der Waals surface area contributed by atoms with Gasteiger partial charge in [-0.05, 0) is 42.8 Å². The van der Waals surface area contributed by atoms with Gasteiger partial charge in [-0.25, -0.2) is 14.4 Å². The number of benzene rings is 3. The predicted octanol–water partition coefficient (Wildman–Crippen LogP) is 6.10. The Morgan fingerprint density at radius 2 is 1.68 bits per heavy atom. The Hall–Kier alpha value is -4.34. The molecule has 2 heterocycles. The Bertz CT molecular complexity index is 1600. The third kappa shape index (κ3) is 7.23. The summed E-state index contributed by atoms with van der Waals surface area (Å²) in [7, 11) is 0. The van der Waals surface area contributed by atoms with Crippen molar-refractivity contribution < 1.29 is 18.7 Å². The van der Waals surface area contributed by atoms with E-state index in [2.05, 4.69) is 15.3 Å². The summed E-state index contributed by atoms with van der Waals surface area (Å²) in [5, 5.41) is 3.43. The van der Waals surface area contributed by atoms with Crippen LogP contribution in [-0.2, 0) is 22.7 Å². The van der Waals surface area contributed by atoms with Gasteiger partial charge < -0.3 is 15.0 Å². The quantitative estimate of drug-likeness (QED) is 0.245. The lowest BCUT2D eigenvalue weighted by Gasteiger charge is -2.45. The van der Waals surface area contributed by atoms with Crippen molar-refractivity contribution in [1.29, 1.82) is 0 Å². The molecule has 2 amide bonds. The molecule has 4 aromatic rings. The van der Waals surface area contributed by atoms with Gasteiger partial charge in [0.15, 0.2) is 5.82 Å². The van der Waals surface area contributed by atoms with Gasteiger partial charge in [0, 0.05) is 61.7 Å². The molecule has 8 nitrogen and oxygen atoms in total. The maximum Gasteiger partial charge on any atom is 0.244 e. The summed E-state index contributed by atoms with van der Waals surface area (Å²) in [6.45, 7) is 6.74. The topological polar surface area (TPSA) is 87.7 Å². The van der Waals surface area contributed by atoms with Crippen LogP contribution in [0.2, 0.25) is 5.02 Å². The van der Waals surface area contributed by atoms with Gasteiger partial charge in [-0.2, -0.15) is 0 Å². The minimum atomic E-state index is -0.759. The molecule has 0 bridgehead atoms. The molecular formula is C34H35ClFN5O3. The molecule has 1 aliphatic rings. The van der Waals surface area contributed by atoms with E-state index in [9.17, 15) is 9.59 Å². The first-order chi connectivity index (χ1) is 21.2. The number of halogens is 2. The first-order valence-electron chi connectivity index (χ1n) is 14.6. The lowest BCUT2D eigenvalue weighted by atomic mass is 10.0. The fourth-order valence-electron chi connectivity index (χ4n) is 5.37. The van der Waals surface area contributed by atoms with Crippen LogP contribution in [0.25, 0.3) is 11.4 Å². The second kappa shape index (κ2) is 14.0. The van der Waals surface area contributed by atoms with Crippen LogP contribution in [0.15, 0.2) is 85.2 Å². The summed E-state index contributed by atoms with van der Waals surface area (Å²) < 4.78 is 21.3. The minimum Gasteiger partial charge on any atom is -0.455 e. The van der Waals surface area contributed by atoms with Crippen LogP contribution in [0.1, 0.15) is 31.9 Å². The largest absolute Gasteiger partial charge is 0.455 e. The molecule has 1 fully saturated rings. The average molecular weight is 616 g/mol. The molecular weight excluding hydrogens is 581 g/mol. The molecule has 0 saturated carbocycles. The molecule has 1 N–H and O–H groups in total. The zero-order valence-corrected chi connectivity index (χ0v) is 25.7. The van der Waals surface area contributed by atoms with E-state index in [-0.39, 0.29) is 43.4 Å². The van der Waals surface area contributed by atoms with Gasteiger partial charge in [-0.1, -0.05) is 67.9 Å². The number of piperazine rings is 1. The highest BCUT2D eigenvalue weighted by molar-refractivity contribution is 6.32. The van der Waals surface area contributed by atoms with Gasteiger partial charge in [0.05, 0.1) is 5.02 Å². The monoisotopic (exact) mass is 615 g/mol. The summed E-state index contributed by atoms with van der Waals surface area (Å²) >= 11 is 6.30. The van der Waals surface area contributed by atoms with E-state index in [1.54, 1.807) is 59.8 Å². The van der Waals surface area contributed by atoms with Crippen molar-refractivity contribution in [1.82, 2.24) is 25.1 Å². The van der Waals surface area contributed by atoms with E-state index in [0.29, 0.717) is 34.5 Å².